The van der Waals surface area contributed by atoms with Crippen molar-refractivity contribution in [3.8, 4) is 0 Å². The maximum Gasteiger partial charge on any atom is 0.318 e. The summed E-state index contributed by atoms with van der Waals surface area (Å²) < 4.78 is 0. The molecule has 1 unspecified atom stereocenters. The van der Waals surface area contributed by atoms with Crippen LogP contribution in [0.1, 0.15) is 24.4 Å². The van der Waals surface area contributed by atoms with Gasteiger partial charge in [0.1, 0.15) is 5.54 Å². The number of hydrogen-bond acceptors (Lipinski definition) is 3. The summed E-state index contributed by atoms with van der Waals surface area (Å²) in [6.45, 7) is 0.456. The molecule has 0 aromatic heterocycles. The van der Waals surface area contributed by atoms with E-state index in [9.17, 15) is 14.4 Å². The van der Waals surface area contributed by atoms with Crippen molar-refractivity contribution in [3.63, 3.8) is 0 Å². The van der Waals surface area contributed by atoms with Gasteiger partial charge in [-0.25, -0.2) is 4.79 Å². The van der Waals surface area contributed by atoms with Crippen LogP contribution in [-0.4, -0.2) is 34.8 Å². The second-order valence-electron chi connectivity index (χ2n) is 5.98. The van der Waals surface area contributed by atoms with E-state index >= 15 is 0 Å². The van der Waals surface area contributed by atoms with E-state index in [-0.39, 0.29) is 29.8 Å². The Balaban J connectivity index is 1.59. The Labute approximate surface area is 121 Å². The standard InChI is InChI=1S/C15H15N3O3/c19-12-10-6-15(7-10,13(20)17-12)18-8-11(16-14(18)21)9-4-2-1-3-5-9/h1-5,10-11H,6-8H2,(H,16,21)(H,17,19,20). The van der Waals surface area contributed by atoms with Crippen LogP contribution in [0.15, 0.2) is 30.3 Å². The van der Waals surface area contributed by atoms with Crippen LogP contribution in [0.3, 0.4) is 0 Å². The lowest BCUT2D eigenvalue weighted by molar-refractivity contribution is -0.159. The van der Waals surface area contributed by atoms with Crippen LogP contribution in [0.25, 0.3) is 0 Å². The highest BCUT2D eigenvalue weighted by atomic mass is 16.2. The van der Waals surface area contributed by atoms with E-state index < -0.39 is 5.54 Å². The topological polar surface area (TPSA) is 78.5 Å². The van der Waals surface area contributed by atoms with Gasteiger partial charge in [0.05, 0.1) is 6.04 Å². The fraction of sp³-hybridized carbons (Fsp3) is 0.400. The van der Waals surface area contributed by atoms with Gasteiger partial charge < -0.3 is 10.2 Å². The molecule has 2 N–H and O–H groups in total. The zero-order valence-corrected chi connectivity index (χ0v) is 11.3. The zero-order valence-electron chi connectivity index (χ0n) is 11.3. The highest BCUT2D eigenvalue weighted by Crippen LogP contribution is 2.47. The second-order valence-corrected chi connectivity index (χ2v) is 5.98. The predicted octanol–water partition coefficient (Wildman–Crippen LogP) is 0.558. The Hall–Kier alpha value is -2.37. The maximum atomic E-state index is 12.3. The number of rotatable bonds is 2. The van der Waals surface area contributed by atoms with E-state index in [0.29, 0.717) is 19.4 Å². The molecule has 1 aromatic carbocycles. The molecule has 3 heterocycles. The van der Waals surface area contributed by atoms with Gasteiger partial charge in [-0.1, -0.05) is 30.3 Å². The van der Waals surface area contributed by atoms with Crippen molar-refractivity contribution in [1.82, 2.24) is 15.5 Å². The Morgan fingerprint density at radius 2 is 1.81 bits per heavy atom. The van der Waals surface area contributed by atoms with Gasteiger partial charge >= 0.3 is 6.03 Å². The van der Waals surface area contributed by atoms with E-state index in [1.54, 1.807) is 4.90 Å². The molecular weight excluding hydrogens is 270 g/mol. The first kappa shape index (κ1) is 12.4. The third kappa shape index (κ3) is 1.62. The van der Waals surface area contributed by atoms with Crippen LogP contribution in [0.5, 0.6) is 0 Å². The maximum absolute atomic E-state index is 12.3. The molecule has 1 atom stereocenters. The SMILES string of the molecule is O=C1NC(=O)C2(N3CC(c4ccccc4)NC3=O)CC1C2. The Morgan fingerprint density at radius 3 is 2.48 bits per heavy atom. The van der Waals surface area contributed by atoms with Gasteiger partial charge in [0.2, 0.25) is 5.91 Å². The summed E-state index contributed by atoms with van der Waals surface area (Å²) in [4.78, 5) is 37.6. The number of piperidine rings is 2. The van der Waals surface area contributed by atoms with Crippen molar-refractivity contribution < 1.29 is 14.4 Å². The van der Waals surface area contributed by atoms with E-state index in [1.165, 1.54) is 0 Å². The highest BCUT2D eigenvalue weighted by molar-refractivity contribution is 6.08. The monoisotopic (exact) mass is 285 g/mol. The molecule has 0 radical (unpaired) electrons. The van der Waals surface area contributed by atoms with Gasteiger partial charge in [-0.2, -0.15) is 0 Å². The van der Waals surface area contributed by atoms with Gasteiger partial charge in [0.15, 0.2) is 0 Å². The van der Waals surface area contributed by atoms with Crippen molar-refractivity contribution in [1.29, 1.82) is 0 Å². The highest BCUT2D eigenvalue weighted by Gasteiger charge is 2.63. The molecule has 6 heteroatoms. The molecule has 5 rings (SSSR count). The third-order valence-corrected chi connectivity index (χ3v) is 4.82. The molecule has 1 aromatic rings. The molecule has 1 saturated carbocycles. The van der Waals surface area contributed by atoms with Crippen molar-refractivity contribution in [2.75, 3.05) is 6.54 Å². The first-order chi connectivity index (χ1) is 10.1. The number of fused-ring (bicyclic) bond motifs is 2. The average Bonchev–Trinajstić information content (AvgIpc) is 2.81. The number of carbonyl (C=O) groups is 3. The normalized spacial score (nSPS) is 34.3. The molecule has 0 spiro atoms. The summed E-state index contributed by atoms with van der Waals surface area (Å²) in [6.07, 6.45) is 0.902. The van der Waals surface area contributed by atoms with Gasteiger partial charge in [0, 0.05) is 12.5 Å². The van der Waals surface area contributed by atoms with Crippen LogP contribution in [0.2, 0.25) is 0 Å². The number of carbonyl (C=O) groups excluding carboxylic acids is 3. The third-order valence-electron chi connectivity index (χ3n) is 4.82. The largest absolute Gasteiger partial charge is 0.329 e. The first-order valence-electron chi connectivity index (χ1n) is 7.08. The number of urea groups is 1. The quantitative estimate of drug-likeness (QED) is 0.779. The lowest BCUT2D eigenvalue weighted by Gasteiger charge is -2.53. The van der Waals surface area contributed by atoms with Crippen LogP contribution < -0.4 is 10.6 Å². The molecule has 1 aliphatic carbocycles. The molecule has 108 valence electrons. The number of nitrogens with zero attached hydrogens (tertiary/aromatic N) is 1. The van der Waals surface area contributed by atoms with Crippen molar-refractivity contribution >= 4 is 17.8 Å². The van der Waals surface area contributed by atoms with E-state index in [1.807, 2.05) is 30.3 Å². The summed E-state index contributed by atoms with van der Waals surface area (Å²) in [5.74, 6) is -0.675. The summed E-state index contributed by atoms with van der Waals surface area (Å²) in [6, 6.07) is 9.35. The summed E-state index contributed by atoms with van der Waals surface area (Å²) in [5, 5.41) is 5.29. The molecule has 21 heavy (non-hydrogen) atoms. The number of nitrogens with one attached hydrogen (secondary N) is 2. The van der Waals surface area contributed by atoms with Crippen molar-refractivity contribution in [2.45, 2.75) is 24.4 Å². The summed E-state index contributed by atoms with van der Waals surface area (Å²) in [7, 11) is 0. The molecule has 6 nitrogen and oxygen atoms in total. The minimum atomic E-state index is -0.827. The first-order valence-corrected chi connectivity index (χ1v) is 7.08. The summed E-state index contributed by atoms with van der Waals surface area (Å²) >= 11 is 0. The number of imide groups is 1. The average molecular weight is 285 g/mol. The number of hydrogen-bond donors (Lipinski definition) is 2. The minimum absolute atomic E-state index is 0.113. The van der Waals surface area contributed by atoms with Gasteiger partial charge in [0.25, 0.3) is 5.91 Å². The molecular formula is C15H15N3O3. The second kappa shape index (κ2) is 4.07. The molecule has 3 saturated heterocycles. The molecule has 3 aliphatic heterocycles. The molecule has 4 fully saturated rings. The zero-order chi connectivity index (χ0) is 14.6. The lowest BCUT2D eigenvalue weighted by Crippen LogP contribution is -2.73. The smallest absolute Gasteiger partial charge is 0.318 e. The van der Waals surface area contributed by atoms with Crippen LogP contribution in [-0.2, 0) is 9.59 Å². The van der Waals surface area contributed by atoms with Gasteiger partial charge in [-0.3, -0.25) is 14.9 Å². The van der Waals surface area contributed by atoms with E-state index in [2.05, 4.69) is 10.6 Å². The predicted molar refractivity (Wildman–Crippen MR) is 73.0 cm³/mol. The van der Waals surface area contributed by atoms with Gasteiger partial charge in [-0.15, -0.1) is 0 Å². The molecule has 2 bridgehead atoms. The fourth-order valence-electron chi connectivity index (χ4n) is 3.58. The van der Waals surface area contributed by atoms with E-state index in [4.69, 9.17) is 0 Å². The van der Waals surface area contributed by atoms with Crippen LogP contribution >= 0.6 is 0 Å². The molecule has 4 amide bonds. The van der Waals surface area contributed by atoms with Gasteiger partial charge in [-0.05, 0) is 18.4 Å². The lowest BCUT2D eigenvalue weighted by atomic mass is 9.63. The number of benzene rings is 1. The number of amides is 4. The van der Waals surface area contributed by atoms with Crippen LogP contribution in [0, 0.1) is 5.92 Å². The minimum Gasteiger partial charge on any atom is -0.329 e. The Bertz CT molecular complexity index is 637. The summed E-state index contributed by atoms with van der Waals surface area (Å²) in [5.41, 5.74) is 0.194. The Kier molecular flexibility index (Phi) is 2.40. The Morgan fingerprint density at radius 1 is 1.10 bits per heavy atom. The fourth-order valence-corrected chi connectivity index (χ4v) is 3.58. The van der Waals surface area contributed by atoms with E-state index in [0.717, 1.165) is 5.56 Å². The molecule has 4 aliphatic rings. The van der Waals surface area contributed by atoms with Crippen molar-refractivity contribution in [3.05, 3.63) is 35.9 Å². The van der Waals surface area contributed by atoms with Crippen molar-refractivity contribution in [2.24, 2.45) is 5.92 Å². The van der Waals surface area contributed by atoms with Crippen LogP contribution in [0.4, 0.5) is 4.79 Å².